The van der Waals surface area contributed by atoms with Crippen molar-refractivity contribution in [2.24, 2.45) is 0 Å². The molecule has 8 heteroatoms. The summed E-state index contributed by atoms with van der Waals surface area (Å²) in [5, 5.41) is 10.9. The van der Waals surface area contributed by atoms with E-state index in [4.69, 9.17) is 20.8 Å². The molecule has 0 radical (unpaired) electrons. The Bertz CT molecular complexity index is 1000. The molecule has 1 amide bonds. The number of methoxy groups -OCH3 is 1. The highest BCUT2D eigenvalue weighted by Gasteiger charge is 2.24. The monoisotopic (exact) mass is 427 g/mol. The number of nitrogens with one attached hydrogen (secondary N) is 1. The Kier molecular flexibility index (Phi) is 7.19. The number of hydrogen-bond acceptors (Lipinski definition) is 6. The largest absolute Gasteiger partial charge is 0.497 e. The summed E-state index contributed by atoms with van der Waals surface area (Å²) in [7, 11) is 3.09. The van der Waals surface area contributed by atoms with Crippen LogP contribution in [0.15, 0.2) is 52.9 Å². The van der Waals surface area contributed by atoms with Crippen LogP contribution in [-0.4, -0.2) is 36.0 Å². The van der Waals surface area contributed by atoms with E-state index < -0.39 is 5.91 Å². The van der Waals surface area contributed by atoms with Crippen LogP contribution < -0.4 is 10.1 Å². The standard InChI is InChI=1S/C22H22ClN3O4/c1-24-20(28)22-26-25-21(30-22)16(11-14-5-9-19(29-2)10-6-14)13-18(27)12-15-3-7-17(23)8-4-15/h3-10,16H,11-13H2,1-2H3,(H,24,28). The van der Waals surface area contributed by atoms with Crippen LogP contribution in [0.3, 0.4) is 0 Å². The van der Waals surface area contributed by atoms with Crippen molar-refractivity contribution in [1.82, 2.24) is 15.5 Å². The van der Waals surface area contributed by atoms with Crippen molar-refractivity contribution in [1.29, 1.82) is 0 Å². The number of nitrogens with zero attached hydrogens (tertiary/aromatic N) is 2. The lowest BCUT2D eigenvalue weighted by molar-refractivity contribution is -0.118. The smallest absolute Gasteiger partial charge is 0.308 e. The highest BCUT2D eigenvalue weighted by molar-refractivity contribution is 6.30. The molecule has 1 N–H and O–H groups in total. The molecule has 0 saturated heterocycles. The minimum atomic E-state index is -0.468. The van der Waals surface area contributed by atoms with Gasteiger partial charge in [-0.05, 0) is 41.8 Å². The maximum absolute atomic E-state index is 12.7. The second-order valence-corrected chi connectivity index (χ2v) is 7.26. The molecule has 1 aromatic heterocycles. The van der Waals surface area contributed by atoms with Crippen LogP contribution in [0, 0.1) is 0 Å². The Morgan fingerprint density at radius 2 is 1.73 bits per heavy atom. The van der Waals surface area contributed by atoms with Gasteiger partial charge in [0, 0.05) is 30.8 Å². The Labute approximate surface area is 179 Å². The fraction of sp³-hybridized carbons (Fsp3) is 0.273. The molecular weight excluding hydrogens is 406 g/mol. The van der Waals surface area contributed by atoms with Crippen LogP contribution in [0.25, 0.3) is 0 Å². The molecule has 0 aliphatic heterocycles. The van der Waals surface area contributed by atoms with Crippen molar-refractivity contribution in [3.63, 3.8) is 0 Å². The molecule has 0 saturated carbocycles. The van der Waals surface area contributed by atoms with Gasteiger partial charge in [0.25, 0.3) is 0 Å². The summed E-state index contributed by atoms with van der Waals surface area (Å²) in [6.45, 7) is 0. The highest BCUT2D eigenvalue weighted by Crippen LogP contribution is 2.26. The van der Waals surface area contributed by atoms with E-state index in [-0.39, 0.29) is 36.3 Å². The second kappa shape index (κ2) is 10.0. The summed E-state index contributed by atoms with van der Waals surface area (Å²) in [5.41, 5.74) is 1.86. The van der Waals surface area contributed by atoms with Gasteiger partial charge in [-0.2, -0.15) is 0 Å². The van der Waals surface area contributed by atoms with Gasteiger partial charge in [-0.25, -0.2) is 0 Å². The molecular formula is C22H22ClN3O4. The maximum Gasteiger partial charge on any atom is 0.308 e. The van der Waals surface area contributed by atoms with Gasteiger partial charge >= 0.3 is 11.8 Å². The summed E-state index contributed by atoms with van der Waals surface area (Å²) in [6, 6.07) is 14.7. The van der Waals surface area contributed by atoms with Gasteiger partial charge in [0.1, 0.15) is 11.5 Å². The molecule has 0 fully saturated rings. The summed E-state index contributed by atoms with van der Waals surface area (Å²) >= 11 is 5.91. The number of halogens is 1. The minimum absolute atomic E-state index is 0.0236. The summed E-state index contributed by atoms with van der Waals surface area (Å²) in [6.07, 6.45) is 0.975. The number of benzene rings is 2. The number of rotatable bonds is 9. The third-order valence-corrected chi connectivity index (χ3v) is 4.89. The van der Waals surface area contributed by atoms with Crippen molar-refractivity contribution in [2.45, 2.75) is 25.2 Å². The van der Waals surface area contributed by atoms with Crippen molar-refractivity contribution in [3.05, 3.63) is 76.5 Å². The molecule has 1 atom stereocenters. The van der Waals surface area contributed by atoms with Crippen LogP contribution in [0.4, 0.5) is 0 Å². The van der Waals surface area contributed by atoms with E-state index in [1.165, 1.54) is 7.05 Å². The van der Waals surface area contributed by atoms with Crippen LogP contribution in [0.5, 0.6) is 5.75 Å². The van der Waals surface area contributed by atoms with Gasteiger partial charge in [0.05, 0.1) is 7.11 Å². The van der Waals surface area contributed by atoms with E-state index in [0.717, 1.165) is 16.9 Å². The van der Waals surface area contributed by atoms with E-state index in [2.05, 4.69) is 15.5 Å². The first kappa shape index (κ1) is 21.5. The molecule has 3 rings (SSSR count). The number of ketones is 1. The maximum atomic E-state index is 12.7. The molecule has 1 unspecified atom stereocenters. The fourth-order valence-electron chi connectivity index (χ4n) is 3.07. The number of amides is 1. The average molecular weight is 428 g/mol. The van der Waals surface area contributed by atoms with Crippen molar-refractivity contribution < 1.29 is 18.7 Å². The van der Waals surface area contributed by atoms with Gasteiger partial charge in [-0.1, -0.05) is 35.9 Å². The number of aromatic nitrogens is 2. The Morgan fingerprint density at radius 3 is 2.37 bits per heavy atom. The minimum Gasteiger partial charge on any atom is -0.497 e. The summed E-state index contributed by atoms with van der Waals surface area (Å²) in [4.78, 5) is 24.5. The first-order valence-corrected chi connectivity index (χ1v) is 9.81. The highest BCUT2D eigenvalue weighted by atomic mass is 35.5. The molecule has 0 aliphatic carbocycles. The summed E-state index contributed by atoms with van der Waals surface area (Å²) < 4.78 is 10.7. The van der Waals surface area contributed by atoms with E-state index in [9.17, 15) is 9.59 Å². The number of ether oxygens (including phenoxy) is 1. The van der Waals surface area contributed by atoms with Crippen molar-refractivity contribution >= 4 is 23.3 Å². The van der Waals surface area contributed by atoms with Crippen LogP contribution >= 0.6 is 11.6 Å². The van der Waals surface area contributed by atoms with E-state index in [1.807, 2.05) is 36.4 Å². The first-order valence-electron chi connectivity index (χ1n) is 9.43. The Hall–Kier alpha value is -3.19. The van der Waals surface area contributed by atoms with Crippen molar-refractivity contribution in [3.8, 4) is 5.75 Å². The zero-order valence-corrected chi connectivity index (χ0v) is 17.5. The molecule has 0 spiro atoms. The van der Waals surface area contributed by atoms with Gasteiger partial charge in [0.15, 0.2) is 0 Å². The van der Waals surface area contributed by atoms with Gasteiger partial charge in [0.2, 0.25) is 5.89 Å². The van der Waals surface area contributed by atoms with E-state index >= 15 is 0 Å². The predicted molar refractivity (Wildman–Crippen MR) is 112 cm³/mol. The lowest BCUT2D eigenvalue weighted by Crippen LogP contribution is -2.18. The fourth-order valence-corrected chi connectivity index (χ4v) is 3.19. The molecule has 7 nitrogen and oxygen atoms in total. The van der Waals surface area contributed by atoms with Gasteiger partial charge in [-0.3, -0.25) is 9.59 Å². The quantitative estimate of drug-likeness (QED) is 0.560. The molecule has 1 heterocycles. The third kappa shape index (κ3) is 5.67. The van der Waals surface area contributed by atoms with Crippen molar-refractivity contribution in [2.75, 3.05) is 14.2 Å². The zero-order valence-electron chi connectivity index (χ0n) is 16.7. The van der Waals surface area contributed by atoms with Crippen LogP contribution in [0.2, 0.25) is 5.02 Å². The van der Waals surface area contributed by atoms with Crippen LogP contribution in [0.1, 0.15) is 40.0 Å². The van der Waals surface area contributed by atoms with E-state index in [1.54, 1.807) is 19.2 Å². The Balaban J connectivity index is 1.78. The SMILES string of the molecule is CNC(=O)c1nnc(C(CC(=O)Cc2ccc(Cl)cc2)Cc2ccc(OC)cc2)o1. The molecule has 0 bridgehead atoms. The van der Waals surface area contributed by atoms with Crippen LogP contribution in [-0.2, 0) is 17.6 Å². The topological polar surface area (TPSA) is 94.3 Å². The number of carbonyl (C=O) groups excluding carboxylic acids is 2. The Morgan fingerprint density at radius 1 is 1.07 bits per heavy atom. The second-order valence-electron chi connectivity index (χ2n) is 6.82. The molecule has 2 aromatic carbocycles. The molecule has 30 heavy (non-hydrogen) atoms. The predicted octanol–water partition coefficient (Wildman–Crippen LogP) is 3.62. The normalized spacial score (nSPS) is 11.7. The summed E-state index contributed by atoms with van der Waals surface area (Å²) in [5.74, 6) is 0.0733. The number of Topliss-reactive ketones (excluding diaryl/α,β-unsaturated/α-hetero) is 1. The first-order chi connectivity index (χ1) is 14.5. The van der Waals surface area contributed by atoms with Gasteiger partial charge < -0.3 is 14.5 Å². The molecule has 0 aliphatic rings. The zero-order chi connectivity index (χ0) is 21.5. The number of hydrogen-bond donors (Lipinski definition) is 1. The van der Waals surface area contributed by atoms with Gasteiger partial charge in [-0.15, -0.1) is 10.2 Å². The molecule has 156 valence electrons. The third-order valence-electron chi connectivity index (χ3n) is 4.64. The number of carbonyl (C=O) groups is 2. The lowest BCUT2D eigenvalue weighted by Gasteiger charge is -2.13. The lowest BCUT2D eigenvalue weighted by atomic mass is 9.92. The molecule has 3 aromatic rings. The average Bonchev–Trinajstić information content (AvgIpc) is 3.25. The van der Waals surface area contributed by atoms with E-state index in [0.29, 0.717) is 11.4 Å².